The Morgan fingerprint density at radius 3 is 1.71 bits per heavy atom. The third-order valence-corrected chi connectivity index (χ3v) is 3.56. The zero-order valence-corrected chi connectivity index (χ0v) is 12.8. The zero-order valence-electron chi connectivity index (χ0n) is 12.8. The van der Waals surface area contributed by atoms with Crippen molar-refractivity contribution in [2.24, 2.45) is 5.73 Å². The Morgan fingerprint density at radius 1 is 0.958 bits per heavy atom. The average molecular weight is 334 g/mol. The van der Waals surface area contributed by atoms with Crippen molar-refractivity contribution in [3.05, 3.63) is 71.3 Å². The molecule has 0 fully saturated rings. The minimum atomic E-state index is -1.16. The highest BCUT2D eigenvalue weighted by molar-refractivity contribution is 5.86. The van der Waals surface area contributed by atoms with Crippen LogP contribution in [0.25, 0.3) is 0 Å². The van der Waals surface area contributed by atoms with Crippen LogP contribution >= 0.6 is 0 Å². The second-order valence-electron chi connectivity index (χ2n) is 5.10. The summed E-state index contributed by atoms with van der Waals surface area (Å²) in [6.45, 7) is 0. The van der Waals surface area contributed by atoms with E-state index in [4.69, 9.17) is 5.73 Å². The number of nitrogens with two attached hydrogens (primary N) is 1. The molecule has 0 saturated carbocycles. The van der Waals surface area contributed by atoms with Gasteiger partial charge in [-0.3, -0.25) is 4.79 Å². The van der Waals surface area contributed by atoms with Gasteiger partial charge in [-0.05, 0) is 35.4 Å². The molecule has 0 aliphatic carbocycles. The largest absolute Gasteiger partial charge is 0.453 e. The van der Waals surface area contributed by atoms with Crippen LogP contribution in [-0.2, 0) is 9.53 Å². The molecule has 24 heavy (non-hydrogen) atoms. The first-order valence-corrected chi connectivity index (χ1v) is 7.07. The number of methoxy groups -OCH3 is 1. The Morgan fingerprint density at radius 2 is 1.38 bits per heavy atom. The van der Waals surface area contributed by atoms with Crippen LogP contribution in [-0.4, -0.2) is 25.2 Å². The molecule has 2 amide bonds. The van der Waals surface area contributed by atoms with Gasteiger partial charge in [0.25, 0.3) is 0 Å². The van der Waals surface area contributed by atoms with Gasteiger partial charge in [0.05, 0.1) is 7.11 Å². The van der Waals surface area contributed by atoms with Crippen LogP contribution in [0, 0.1) is 11.6 Å². The molecule has 1 unspecified atom stereocenters. The Balaban J connectivity index is 2.51. The van der Waals surface area contributed by atoms with E-state index in [9.17, 15) is 18.4 Å². The van der Waals surface area contributed by atoms with E-state index in [1.807, 2.05) is 0 Å². The first kappa shape index (κ1) is 17.4. The van der Waals surface area contributed by atoms with Crippen LogP contribution in [0.4, 0.5) is 13.6 Å². The first-order valence-electron chi connectivity index (χ1n) is 7.07. The standard InChI is InChI=1S/C17H16F2N2O3/c1-24-17(23)21-15(16(20)22)14(10-2-6-12(18)7-3-10)11-4-8-13(19)9-5-11/h2-9,14-15H,1H3,(H2,20,22)(H,21,23). The van der Waals surface area contributed by atoms with E-state index in [1.165, 1.54) is 48.5 Å². The lowest BCUT2D eigenvalue weighted by atomic mass is 9.84. The summed E-state index contributed by atoms with van der Waals surface area (Å²) in [5.41, 5.74) is 6.48. The number of rotatable bonds is 5. The second-order valence-corrected chi connectivity index (χ2v) is 5.10. The van der Waals surface area contributed by atoms with Crippen LogP contribution in [0.5, 0.6) is 0 Å². The predicted octanol–water partition coefficient (Wildman–Crippen LogP) is 2.31. The minimum Gasteiger partial charge on any atom is -0.453 e. The van der Waals surface area contributed by atoms with Gasteiger partial charge in [-0.15, -0.1) is 0 Å². The number of ether oxygens (including phenoxy) is 1. The van der Waals surface area contributed by atoms with Crippen LogP contribution in [0.3, 0.4) is 0 Å². The summed E-state index contributed by atoms with van der Waals surface area (Å²) in [6, 6.07) is 9.62. The van der Waals surface area contributed by atoms with Gasteiger partial charge in [0.15, 0.2) is 0 Å². The minimum absolute atomic E-state index is 0.451. The number of hydrogen-bond donors (Lipinski definition) is 2. The molecule has 7 heteroatoms. The number of benzene rings is 2. The molecule has 0 aliphatic rings. The summed E-state index contributed by atoms with van der Waals surface area (Å²) >= 11 is 0. The average Bonchev–Trinajstić information content (AvgIpc) is 2.57. The molecule has 3 N–H and O–H groups in total. The van der Waals surface area contributed by atoms with Crippen LogP contribution < -0.4 is 11.1 Å². The third kappa shape index (κ3) is 4.07. The highest BCUT2D eigenvalue weighted by Crippen LogP contribution is 2.29. The monoisotopic (exact) mass is 334 g/mol. The number of nitrogens with one attached hydrogen (secondary N) is 1. The molecular formula is C17H16F2N2O3. The number of alkyl carbamates (subject to hydrolysis) is 1. The number of halogens is 2. The number of carbonyl (C=O) groups excluding carboxylic acids is 2. The fourth-order valence-electron chi connectivity index (χ4n) is 2.42. The van der Waals surface area contributed by atoms with Gasteiger partial charge in [0.1, 0.15) is 17.7 Å². The van der Waals surface area contributed by atoms with E-state index in [1.54, 1.807) is 0 Å². The quantitative estimate of drug-likeness (QED) is 0.880. The molecular weight excluding hydrogens is 318 g/mol. The smallest absolute Gasteiger partial charge is 0.407 e. The van der Waals surface area contributed by atoms with Crippen molar-refractivity contribution in [3.63, 3.8) is 0 Å². The third-order valence-electron chi connectivity index (χ3n) is 3.56. The Kier molecular flexibility index (Phi) is 5.47. The van der Waals surface area contributed by atoms with Gasteiger partial charge >= 0.3 is 6.09 Å². The molecule has 0 heterocycles. The summed E-state index contributed by atoms with van der Waals surface area (Å²) in [5, 5.41) is 2.37. The highest BCUT2D eigenvalue weighted by Gasteiger charge is 2.31. The normalized spacial score (nSPS) is 11.8. The van der Waals surface area contributed by atoms with Crippen molar-refractivity contribution in [1.29, 1.82) is 0 Å². The molecule has 2 rings (SSSR count). The molecule has 0 bridgehead atoms. The van der Waals surface area contributed by atoms with Crippen molar-refractivity contribution in [2.45, 2.75) is 12.0 Å². The van der Waals surface area contributed by atoms with Crippen LogP contribution in [0.15, 0.2) is 48.5 Å². The van der Waals surface area contributed by atoms with Crippen molar-refractivity contribution in [3.8, 4) is 0 Å². The first-order chi connectivity index (χ1) is 11.4. The number of primary amides is 1. The van der Waals surface area contributed by atoms with E-state index in [0.717, 1.165) is 7.11 Å². The van der Waals surface area contributed by atoms with Gasteiger partial charge in [-0.1, -0.05) is 24.3 Å². The molecule has 2 aromatic rings. The molecule has 126 valence electrons. The molecule has 0 spiro atoms. The van der Waals surface area contributed by atoms with Crippen LogP contribution in [0.2, 0.25) is 0 Å². The van der Waals surface area contributed by atoms with Crippen molar-refractivity contribution >= 4 is 12.0 Å². The van der Waals surface area contributed by atoms with E-state index in [-0.39, 0.29) is 0 Å². The fourth-order valence-corrected chi connectivity index (χ4v) is 2.42. The molecule has 0 radical (unpaired) electrons. The summed E-state index contributed by atoms with van der Waals surface area (Å²) in [6.07, 6.45) is -0.840. The second kappa shape index (κ2) is 7.54. The lowest BCUT2D eigenvalue weighted by molar-refractivity contribution is -0.120. The SMILES string of the molecule is COC(=O)NC(C(N)=O)C(c1ccc(F)cc1)c1ccc(F)cc1. The molecule has 0 aliphatic heterocycles. The van der Waals surface area contributed by atoms with Crippen molar-refractivity contribution < 1.29 is 23.1 Å². The molecule has 0 saturated heterocycles. The maximum Gasteiger partial charge on any atom is 0.407 e. The lowest BCUT2D eigenvalue weighted by Gasteiger charge is -2.26. The van der Waals surface area contributed by atoms with Gasteiger partial charge in [-0.2, -0.15) is 0 Å². The predicted molar refractivity (Wildman–Crippen MR) is 83.2 cm³/mol. The molecule has 2 aromatic carbocycles. The Hall–Kier alpha value is -2.96. The maximum atomic E-state index is 13.2. The molecule has 1 atom stereocenters. The lowest BCUT2D eigenvalue weighted by Crippen LogP contribution is -2.48. The van der Waals surface area contributed by atoms with Crippen molar-refractivity contribution in [1.82, 2.24) is 5.32 Å². The fraction of sp³-hybridized carbons (Fsp3) is 0.176. The van der Waals surface area contributed by atoms with Gasteiger partial charge < -0.3 is 15.8 Å². The Labute approximate surface area is 137 Å². The molecule has 0 aromatic heterocycles. The highest BCUT2D eigenvalue weighted by atomic mass is 19.1. The molecule has 5 nitrogen and oxygen atoms in total. The van der Waals surface area contributed by atoms with E-state index in [2.05, 4.69) is 10.1 Å². The summed E-state index contributed by atoms with van der Waals surface area (Å²) < 4.78 is 30.9. The van der Waals surface area contributed by atoms with Crippen molar-refractivity contribution in [2.75, 3.05) is 7.11 Å². The van der Waals surface area contributed by atoms with Gasteiger partial charge in [0, 0.05) is 5.92 Å². The van der Waals surface area contributed by atoms with E-state index < -0.39 is 35.6 Å². The number of hydrogen-bond acceptors (Lipinski definition) is 3. The topological polar surface area (TPSA) is 81.4 Å². The van der Waals surface area contributed by atoms with Gasteiger partial charge in [-0.25, -0.2) is 13.6 Å². The van der Waals surface area contributed by atoms with Gasteiger partial charge in [0.2, 0.25) is 5.91 Å². The van der Waals surface area contributed by atoms with E-state index >= 15 is 0 Å². The summed E-state index contributed by atoms with van der Waals surface area (Å²) in [4.78, 5) is 23.4. The number of amides is 2. The Bertz CT molecular complexity index is 672. The van der Waals surface area contributed by atoms with E-state index in [0.29, 0.717) is 11.1 Å². The number of carbonyl (C=O) groups is 2. The van der Waals surface area contributed by atoms with Crippen LogP contribution in [0.1, 0.15) is 17.0 Å². The summed E-state index contributed by atoms with van der Waals surface area (Å²) in [5.74, 6) is -2.44. The zero-order chi connectivity index (χ0) is 17.7. The summed E-state index contributed by atoms with van der Waals surface area (Å²) in [7, 11) is 1.15. The maximum absolute atomic E-state index is 13.2.